The number of nitrogens with one attached hydrogen (secondary N) is 3. The van der Waals surface area contributed by atoms with Crippen LogP contribution in [0.2, 0.25) is 0 Å². The lowest BCUT2D eigenvalue weighted by atomic mass is 10.1. The Hall–Kier alpha value is -3.51. The zero-order chi connectivity index (χ0) is 30.8. The van der Waals surface area contributed by atoms with Gasteiger partial charge in [-0.25, -0.2) is 18.2 Å². The van der Waals surface area contributed by atoms with E-state index in [2.05, 4.69) is 37.3 Å². The molecule has 0 bridgehead atoms. The number of aliphatic hydroxyl groups is 1. The van der Waals surface area contributed by atoms with Crippen LogP contribution >= 0.6 is 0 Å². The number of aliphatic hydroxyl groups excluding tert-OH is 1. The van der Waals surface area contributed by atoms with E-state index in [1.807, 2.05) is 24.3 Å². The Morgan fingerprint density at radius 2 is 1.91 bits per heavy atom. The van der Waals surface area contributed by atoms with Crippen LogP contribution < -0.4 is 20.4 Å². The van der Waals surface area contributed by atoms with Gasteiger partial charge in [-0.1, -0.05) is 57.2 Å². The summed E-state index contributed by atoms with van der Waals surface area (Å²) in [5.74, 6) is -0.801. The third kappa shape index (κ3) is 7.95. The Bertz CT molecular complexity index is 1490. The molecule has 2 aliphatic heterocycles. The van der Waals surface area contributed by atoms with E-state index < -0.39 is 22.0 Å². The first-order chi connectivity index (χ1) is 21.4. The maximum Gasteiger partial charge on any atom is 0.263 e. The Morgan fingerprint density at radius 3 is 2.66 bits per heavy atom. The summed E-state index contributed by atoms with van der Waals surface area (Å²) in [6.45, 7) is 4.04. The molecule has 0 amide bonds. The highest BCUT2D eigenvalue weighted by atomic mass is 32.2. The third-order valence-electron chi connectivity index (χ3n) is 8.28. The molecule has 0 saturated heterocycles. The van der Waals surface area contributed by atoms with Crippen LogP contribution in [-0.2, 0) is 27.7 Å². The van der Waals surface area contributed by atoms with Gasteiger partial charge in [0.15, 0.2) is 0 Å². The third-order valence-corrected chi connectivity index (χ3v) is 9.66. The summed E-state index contributed by atoms with van der Waals surface area (Å²) < 4.78 is 29.3. The van der Waals surface area contributed by atoms with Crippen molar-refractivity contribution in [2.24, 2.45) is 4.99 Å². The lowest BCUT2D eigenvalue weighted by Crippen LogP contribution is -2.48. The molecule has 0 aliphatic carbocycles. The number of nitrogens with zero attached hydrogens (tertiary/aromatic N) is 3. The van der Waals surface area contributed by atoms with Gasteiger partial charge in [0.2, 0.25) is 0 Å². The van der Waals surface area contributed by atoms with Crippen molar-refractivity contribution in [3.63, 3.8) is 0 Å². The van der Waals surface area contributed by atoms with E-state index in [-0.39, 0.29) is 4.90 Å². The highest BCUT2D eigenvalue weighted by molar-refractivity contribution is 7.92. The highest BCUT2D eigenvalue weighted by Gasteiger charge is 2.43. The molecule has 1 aromatic heterocycles. The highest BCUT2D eigenvalue weighted by Crippen LogP contribution is 2.39. The van der Waals surface area contributed by atoms with Gasteiger partial charge in [0.25, 0.3) is 15.9 Å². The maximum absolute atomic E-state index is 13.3. The van der Waals surface area contributed by atoms with E-state index in [1.165, 1.54) is 25.7 Å². The zero-order valence-electron chi connectivity index (χ0n) is 25.4. The molecule has 236 valence electrons. The van der Waals surface area contributed by atoms with Crippen molar-refractivity contribution in [1.82, 2.24) is 15.8 Å². The van der Waals surface area contributed by atoms with E-state index in [0.29, 0.717) is 25.3 Å². The fourth-order valence-corrected chi connectivity index (χ4v) is 6.92. The molecule has 2 unspecified atom stereocenters. The average molecular weight is 621 g/mol. The van der Waals surface area contributed by atoms with Gasteiger partial charge in [-0.15, -0.1) is 0 Å². The topological polar surface area (TPSA) is 128 Å². The second-order valence-electron chi connectivity index (χ2n) is 11.5. The number of hydrogen-bond donors (Lipinski definition) is 4. The molecule has 2 aliphatic rings. The number of sulfonamides is 1. The first-order valence-corrected chi connectivity index (χ1v) is 17.2. The monoisotopic (exact) mass is 620 g/mol. The molecule has 0 saturated carbocycles. The van der Waals surface area contributed by atoms with Gasteiger partial charge in [-0.05, 0) is 73.3 Å². The van der Waals surface area contributed by atoms with Crippen LogP contribution in [0.5, 0.6) is 0 Å². The number of aromatic nitrogens is 1. The first-order valence-electron chi connectivity index (χ1n) is 15.7. The predicted molar refractivity (Wildman–Crippen MR) is 174 cm³/mol. The summed E-state index contributed by atoms with van der Waals surface area (Å²) in [5, 5.41) is 13.5. The van der Waals surface area contributed by atoms with Crippen molar-refractivity contribution in [3.05, 3.63) is 83.7 Å². The number of rotatable bonds is 17. The molecule has 0 radical (unpaired) electrons. The lowest BCUT2D eigenvalue weighted by molar-refractivity contribution is -0.0610. The van der Waals surface area contributed by atoms with Crippen molar-refractivity contribution in [2.75, 3.05) is 29.3 Å². The molecule has 0 fully saturated rings. The minimum atomic E-state index is -3.77. The molecule has 44 heavy (non-hydrogen) atoms. The summed E-state index contributed by atoms with van der Waals surface area (Å²) in [7, 11) is -3.77. The number of unbranched alkanes of at least 4 members (excludes halogenated alkanes) is 5. The maximum atomic E-state index is 13.3. The molecule has 11 heteroatoms. The van der Waals surface area contributed by atoms with E-state index in [4.69, 9.17) is 4.84 Å². The van der Waals surface area contributed by atoms with Crippen molar-refractivity contribution in [3.8, 4) is 0 Å². The van der Waals surface area contributed by atoms with Crippen molar-refractivity contribution in [1.29, 1.82) is 0 Å². The van der Waals surface area contributed by atoms with Gasteiger partial charge < -0.3 is 15.3 Å². The minimum absolute atomic E-state index is 0.234. The van der Waals surface area contributed by atoms with Crippen molar-refractivity contribution >= 4 is 27.7 Å². The van der Waals surface area contributed by atoms with Crippen LogP contribution in [0.15, 0.2) is 76.9 Å². The van der Waals surface area contributed by atoms with Gasteiger partial charge in [0.1, 0.15) is 6.34 Å². The zero-order valence-corrected chi connectivity index (χ0v) is 26.2. The number of aliphatic imine (C=N–C) groups is 1. The molecule has 5 rings (SSSR count). The summed E-state index contributed by atoms with van der Waals surface area (Å²) in [5.41, 5.74) is 7.10. The molecule has 2 atom stereocenters. The van der Waals surface area contributed by atoms with E-state index in [9.17, 15) is 13.5 Å². The molecule has 4 N–H and O–H groups in total. The molecule has 3 aromatic rings. The van der Waals surface area contributed by atoms with E-state index >= 15 is 0 Å². The SMILES string of the molecule is CCCCCCCCC1(N2CCc3cc(S(=O)(=O)Nc4ccc(CCNCC(O)c5cccnc5)cc4)ccc32)N=CNO1. The Morgan fingerprint density at radius 1 is 1.09 bits per heavy atom. The van der Waals surface area contributed by atoms with Crippen molar-refractivity contribution < 1.29 is 18.4 Å². The fraction of sp³-hybridized carbons (Fsp3) is 0.455. The Kier molecular flexibility index (Phi) is 10.9. The van der Waals surface area contributed by atoms with Gasteiger partial charge in [-0.2, -0.15) is 0 Å². The largest absolute Gasteiger partial charge is 0.387 e. The quantitative estimate of drug-likeness (QED) is 0.154. The number of fused-ring (bicyclic) bond motifs is 1. The second kappa shape index (κ2) is 15.0. The molecule has 2 aromatic carbocycles. The van der Waals surface area contributed by atoms with Crippen molar-refractivity contribution in [2.45, 2.75) is 81.6 Å². The lowest BCUT2D eigenvalue weighted by Gasteiger charge is -2.36. The summed E-state index contributed by atoms with van der Waals surface area (Å²) in [4.78, 5) is 17.1. The number of hydrogen-bond acceptors (Lipinski definition) is 9. The van der Waals surface area contributed by atoms with Crippen LogP contribution in [0.1, 0.15) is 74.7 Å². The summed E-state index contributed by atoms with van der Waals surface area (Å²) in [6.07, 6.45) is 13.7. The summed E-state index contributed by atoms with van der Waals surface area (Å²) in [6, 6.07) is 16.3. The molecular formula is C33H44N6O4S. The van der Waals surface area contributed by atoms with Gasteiger partial charge in [0, 0.05) is 48.8 Å². The fourth-order valence-electron chi connectivity index (χ4n) is 5.81. The van der Waals surface area contributed by atoms with Gasteiger partial charge in [-0.3, -0.25) is 15.2 Å². The first kappa shape index (κ1) is 31.9. The second-order valence-corrected chi connectivity index (χ2v) is 13.2. The van der Waals surface area contributed by atoms with Crippen LogP contribution in [0.3, 0.4) is 0 Å². The van der Waals surface area contributed by atoms with E-state index in [1.54, 1.807) is 49.1 Å². The number of benzene rings is 2. The van der Waals surface area contributed by atoms with Crippen LogP contribution in [0, 0.1) is 0 Å². The van der Waals surface area contributed by atoms with E-state index in [0.717, 1.165) is 54.5 Å². The number of anilines is 2. The molecule has 10 nitrogen and oxygen atoms in total. The van der Waals surface area contributed by atoms with Gasteiger partial charge in [0.05, 0.1) is 11.0 Å². The molecule has 0 spiro atoms. The van der Waals surface area contributed by atoms with Crippen LogP contribution in [-0.4, -0.2) is 50.3 Å². The summed E-state index contributed by atoms with van der Waals surface area (Å²) >= 11 is 0. The van der Waals surface area contributed by atoms with Gasteiger partial charge >= 0.3 is 0 Å². The molecule has 3 heterocycles. The van der Waals surface area contributed by atoms with Crippen LogP contribution in [0.4, 0.5) is 11.4 Å². The Balaban J connectivity index is 1.14. The average Bonchev–Trinajstić information content (AvgIpc) is 3.70. The van der Waals surface area contributed by atoms with Crippen LogP contribution in [0.25, 0.3) is 0 Å². The molecular weight excluding hydrogens is 576 g/mol. The Labute approximate surface area is 261 Å². The number of hydroxylamine groups is 1. The minimum Gasteiger partial charge on any atom is -0.387 e. The predicted octanol–water partition coefficient (Wildman–Crippen LogP) is 5.08. The number of pyridine rings is 1. The standard InChI is InChI=1S/C33H44N6O4S/c1-2-3-4-5-6-7-18-33(36-25-37-43-33)39-21-17-27-22-30(14-15-31(27)39)44(41,42)38-29-12-10-26(11-13-29)16-20-35-24-32(40)28-9-8-19-34-23-28/h8-15,19,22-23,25,32,35,38,40H,2-7,16-18,20-21,24H2,1H3,(H,36,37). The normalized spacial score (nSPS) is 18.3. The smallest absolute Gasteiger partial charge is 0.263 e.